The highest BCUT2D eigenvalue weighted by Crippen LogP contribution is 2.28. The molecule has 0 spiro atoms. The molecule has 0 aromatic carbocycles. The van der Waals surface area contributed by atoms with Crippen LogP contribution in [0.15, 0.2) is 10.8 Å². The summed E-state index contributed by atoms with van der Waals surface area (Å²) in [5, 5.41) is 25.5. The Morgan fingerprint density at radius 2 is 1.50 bits per heavy atom. The van der Waals surface area contributed by atoms with E-state index in [1.807, 2.05) is 31.0 Å². The van der Waals surface area contributed by atoms with E-state index in [4.69, 9.17) is 4.74 Å². The summed E-state index contributed by atoms with van der Waals surface area (Å²) < 4.78 is 4.88. The number of carbonyl (C=O) groups excluding carboxylic acids is 3. The second-order valence-electron chi connectivity index (χ2n) is 10.7. The van der Waals surface area contributed by atoms with Crippen molar-refractivity contribution in [1.29, 1.82) is 0 Å². The highest BCUT2D eigenvalue weighted by molar-refractivity contribution is 7.10. The molecule has 0 bridgehead atoms. The summed E-state index contributed by atoms with van der Waals surface area (Å²) in [6.45, 7) is 15.1. The van der Waals surface area contributed by atoms with Crippen LogP contribution in [-0.4, -0.2) is 95.3 Å². The summed E-state index contributed by atoms with van der Waals surface area (Å²) in [6.07, 6.45) is 2.18. The fourth-order valence-electron chi connectivity index (χ4n) is 4.52. The Kier molecular flexibility index (Phi) is 18.2. The quantitative estimate of drug-likeness (QED) is 0.144. The molecule has 10 nitrogen and oxygen atoms in total. The van der Waals surface area contributed by atoms with E-state index in [1.54, 1.807) is 31.6 Å². The van der Waals surface area contributed by atoms with Crippen molar-refractivity contribution in [1.82, 2.24) is 19.6 Å². The van der Waals surface area contributed by atoms with Gasteiger partial charge in [0.05, 0.1) is 19.0 Å². The number of thiazole rings is 2. The molecule has 232 valence electrons. The van der Waals surface area contributed by atoms with Crippen LogP contribution in [-0.2, 0) is 14.3 Å². The van der Waals surface area contributed by atoms with E-state index < -0.39 is 18.2 Å². The second-order valence-corrected chi connectivity index (χ2v) is 12.5. The van der Waals surface area contributed by atoms with Crippen molar-refractivity contribution in [2.75, 3.05) is 20.2 Å². The highest BCUT2D eigenvalue weighted by Gasteiger charge is 2.27. The van der Waals surface area contributed by atoms with Gasteiger partial charge in [-0.05, 0) is 58.5 Å². The van der Waals surface area contributed by atoms with Crippen LogP contribution in [0.4, 0.5) is 0 Å². The maximum absolute atomic E-state index is 11.6. The van der Waals surface area contributed by atoms with Crippen molar-refractivity contribution < 1.29 is 29.3 Å². The van der Waals surface area contributed by atoms with Crippen molar-refractivity contribution in [3.05, 3.63) is 32.2 Å². The first-order valence-corrected chi connectivity index (χ1v) is 16.1. The van der Waals surface area contributed by atoms with Gasteiger partial charge in [0.2, 0.25) is 0 Å². The predicted molar refractivity (Wildman–Crippen MR) is 171 cm³/mol. The standard InChI is InChI=1S/C14H22BN2O4S.C14H24BN2O2S/c1-5-21-14(20)10-7-22-13(16-10)12(19)6-11(9(2)3)17(4)15-8-18;1-5-6-17(15-9-18)12(10(2)3)7-13(19)14-16-11(4)8-20-14/h7-9,11-12,19H,5-6H2,1-4H3;8-10,12-13,19H,5-7H2,1-4H3/t11-,12-;12-,13-/m11/s1. The topological polar surface area (TPSA) is 133 Å². The van der Waals surface area contributed by atoms with Gasteiger partial charge in [-0.25, -0.2) is 14.8 Å². The molecule has 2 rings (SSSR count). The van der Waals surface area contributed by atoms with Crippen LogP contribution < -0.4 is 0 Å². The molecule has 0 fully saturated rings. The monoisotopic (exact) mass is 620 g/mol. The molecule has 0 saturated heterocycles. The number of aryl methyl sites for hydroxylation is 1. The van der Waals surface area contributed by atoms with Gasteiger partial charge in [0, 0.05) is 28.5 Å². The molecule has 2 N–H and O–H groups in total. The fraction of sp³-hybridized carbons (Fsp3) is 0.679. The van der Waals surface area contributed by atoms with Crippen LogP contribution in [0.1, 0.15) is 99.2 Å². The first-order chi connectivity index (χ1) is 19.9. The third-order valence-electron chi connectivity index (χ3n) is 6.66. The lowest BCUT2D eigenvalue weighted by Crippen LogP contribution is -2.43. The summed E-state index contributed by atoms with van der Waals surface area (Å²) in [6, 6.07) is 0.134. The van der Waals surface area contributed by atoms with Gasteiger partial charge < -0.3 is 34.2 Å². The van der Waals surface area contributed by atoms with Gasteiger partial charge in [0.1, 0.15) is 22.2 Å². The smallest absolute Gasteiger partial charge is 0.357 e. The van der Waals surface area contributed by atoms with Crippen LogP contribution in [0.5, 0.6) is 0 Å². The normalized spacial score (nSPS) is 14.2. The lowest BCUT2D eigenvalue weighted by atomic mass is 9.85. The average Bonchev–Trinajstić information content (AvgIpc) is 3.60. The van der Waals surface area contributed by atoms with E-state index in [0.717, 1.165) is 36.0 Å². The largest absolute Gasteiger partial charge is 0.461 e. The second kappa shape index (κ2) is 20.1. The van der Waals surface area contributed by atoms with Crippen LogP contribution in [0, 0.1) is 18.8 Å². The maximum Gasteiger partial charge on any atom is 0.357 e. The molecule has 0 saturated carbocycles. The Morgan fingerprint density at radius 1 is 0.952 bits per heavy atom. The number of ether oxygens (including phenoxy) is 1. The Bertz CT molecular complexity index is 1070. The third kappa shape index (κ3) is 12.7. The zero-order chi connectivity index (χ0) is 31.8. The first kappa shape index (κ1) is 38.1. The number of esters is 1. The fourth-order valence-corrected chi connectivity index (χ4v) is 6.10. The van der Waals surface area contributed by atoms with Gasteiger partial charge in [-0.15, -0.1) is 22.7 Å². The minimum Gasteiger partial charge on any atom is -0.461 e. The molecule has 0 unspecified atom stereocenters. The molecule has 0 aliphatic rings. The number of rotatable bonds is 18. The summed E-state index contributed by atoms with van der Waals surface area (Å²) >= 11 is 2.72. The number of hydrogen-bond donors (Lipinski definition) is 2. The molecule has 2 heterocycles. The molecule has 2 aromatic rings. The van der Waals surface area contributed by atoms with Gasteiger partial charge in [-0.3, -0.25) is 0 Å². The molecule has 0 aliphatic carbocycles. The molecule has 14 heteroatoms. The van der Waals surface area contributed by atoms with Crippen molar-refractivity contribution >= 4 is 55.8 Å². The Labute approximate surface area is 260 Å². The van der Waals surface area contributed by atoms with Crippen molar-refractivity contribution in [3.63, 3.8) is 0 Å². The van der Waals surface area contributed by atoms with E-state index >= 15 is 0 Å². The van der Waals surface area contributed by atoms with E-state index in [2.05, 4.69) is 30.7 Å². The van der Waals surface area contributed by atoms with Crippen molar-refractivity contribution in [2.45, 2.75) is 92.0 Å². The van der Waals surface area contributed by atoms with Crippen LogP contribution in [0.2, 0.25) is 0 Å². The van der Waals surface area contributed by atoms with Gasteiger partial charge >= 0.3 is 5.97 Å². The summed E-state index contributed by atoms with van der Waals surface area (Å²) in [5.41, 5.74) is 1.16. The minimum atomic E-state index is -0.789. The number of aliphatic hydroxyl groups is 2. The summed E-state index contributed by atoms with van der Waals surface area (Å²) in [5.74, 6) is 0.123. The van der Waals surface area contributed by atoms with Gasteiger partial charge in [-0.1, -0.05) is 34.6 Å². The highest BCUT2D eigenvalue weighted by atomic mass is 32.1. The molecule has 2 radical (unpaired) electrons. The van der Waals surface area contributed by atoms with Crippen LogP contribution in [0.25, 0.3) is 0 Å². The van der Waals surface area contributed by atoms with Crippen molar-refractivity contribution in [2.24, 2.45) is 11.8 Å². The predicted octanol–water partition coefficient (Wildman–Crippen LogP) is 3.93. The Morgan fingerprint density at radius 3 is 1.98 bits per heavy atom. The van der Waals surface area contributed by atoms with Gasteiger partial charge in [0.25, 0.3) is 14.8 Å². The third-order valence-corrected chi connectivity index (χ3v) is 8.67. The van der Waals surface area contributed by atoms with Crippen LogP contribution >= 0.6 is 22.7 Å². The van der Waals surface area contributed by atoms with E-state index in [0.29, 0.717) is 23.8 Å². The lowest BCUT2D eigenvalue weighted by molar-refractivity contribution is 0.0519. The van der Waals surface area contributed by atoms with Gasteiger partial charge in [0.15, 0.2) is 5.69 Å². The molecular formula is C28H46B2N4O6S2. The van der Waals surface area contributed by atoms with Gasteiger partial charge in [-0.2, -0.15) is 0 Å². The summed E-state index contributed by atoms with van der Waals surface area (Å²) in [4.78, 5) is 45.3. The number of aromatic nitrogens is 2. The minimum absolute atomic E-state index is 0.00450. The zero-order valence-electron chi connectivity index (χ0n) is 26.1. The number of carbonyl (C=O) groups is 3. The Hall–Kier alpha value is -1.96. The van der Waals surface area contributed by atoms with E-state index in [9.17, 15) is 24.6 Å². The lowest BCUT2D eigenvalue weighted by Gasteiger charge is -2.34. The SMILES string of the molecule is CCCN([B]C=O)[C@H](C[C@@H](O)c1nc(C)cs1)C(C)C.CCOC(=O)c1csc([C@H](O)C[C@H](C(C)C)N(C)[B]C=O)n1. The molecular weight excluding hydrogens is 574 g/mol. The molecule has 0 amide bonds. The van der Waals surface area contributed by atoms with E-state index in [-0.39, 0.29) is 30.3 Å². The number of aliphatic hydroxyl groups excluding tert-OH is 2. The maximum atomic E-state index is 11.6. The molecule has 42 heavy (non-hydrogen) atoms. The average molecular weight is 620 g/mol. The van der Waals surface area contributed by atoms with Crippen molar-refractivity contribution in [3.8, 4) is 0 Å². The zero-order valence-corrected chi connectivity index (χ0v) is 27.7. The molecule has 0 aliphatic heterocycles. The Balaban J connectivity index is 0.000000422. The van der Waals surface area contributed by atoms with Crippen LogP contribution in [0.3, 0.4) is 0 Å². The number of hydrogen-bond acceptors (Lipinski definition) is 12. The summed E-state index contributed by atoms with van der Waals surface area (Å²) in [7, 11) is 4.84. The first-order valence-electron chi connectivity index (χ1n) is 14.3. The number of nitrogens with zero attached hydrogens (tertiary/aromatic N) is 4. The molecule has 2 aromatic heterocycles. The molecule has 4 atom stereocenters. The van der Waals surface area contributed by atoms with E-state index in [1.165, 1.54) is 30.1 Å².